The van der Waals surface area contributed by atoms with Crippen molar-refractivity contribution >= 4 is 35.2 Å². The summed E-state index contributed by atoms with van der Waals surface area (Å²) in [5, 5.41) is 5.96. The summed E-state index contributed by atoms with van der Waals surface area (Å²) in [5.74, 6) is 1.82. The average molecular weight is 510 g/mol. The largest absolute Gasteiger partial charge is 0.337 e. The first-order valence-corrected chi connectivity index (χ1v) is 12.4. The van der Waals surface area contributed by atoms with Crippen LogP contribution in [0.4, 0.5) is 23.4 Å². The molecule has 2 N–H and O–H groups in total. The van der Waals surface area contributed by atoms with E-state index in [0.717, 1.165) is 0 Å². The van der Waals surface area contributed by atoms with Crippen molar-refractivity contribution in [3.63, 3.8) is 0 Å². The molecule has 192 valence electrons. The molecule has 0 unspecified atom stereocenters. The molecule has 2 amide bonds. The van der Waals surface area contributed by atoms with Gasteiger partial charge in [-0.2, -0.15) is 15.0 Å². The summed E-state index contributed by atoms with van der Waals surface area (Å²) in [6, 6.07) is 16.1. The molecule has 0 bridgehead atoms. The Kier molecular flexibility index (Phi) is 7.44. The number of rotatable bonds is 7. The fourth-order valence-corrected chi connectivity index (χ4v) is 3.99. The van der Waals surface area contributed by atoms with E-state index in [1.165, 1.54) is 6.20 Å². The Balaban J connectivity index is 1.23. The van der Waals surface area contributed by atoms with Crippen LogP contribution < -0.4 is 15.5 Å². The molecule has 5 rings (SSSR count). The molecule has 0 radical (unpaired) electrons. The van der Waals surface area contributed by atoms with Crippen LogP contribution in [0.3, 0.4) is 0 Å². The standard InChI is InChI=1S/C27H27N9O2/c1-2-22-31-26(32-23-9-8-20(18-29-23)24(37)30-21-6-4-3-5-7-21)34-27(33-22)36-16-14-35(15-17-36)25(38)19-10-12-28-13-11-19/h3-13,18H,2,14-17H2,1H3,(H,30,37)(H,29,31,32,33,34). The maximum absolute atomic E-state index is 12.8. The van der Waals surface area contributed by atoms with E-state index in [2.05, 4.69) is 35.6 Å². The number of carbonyl (C=O) groups is 2. The topological polar surface area (TPSA) is 129 Å². The molecule has 11 heteroatoms. The van der Waals surface area contributed by atoms with Crippen molar-refractivity contribution in [1.29, 1.82) is 0 Å². The van der Waals surface area contributed by atoms with Crippen molar-refractivity contribution in [2.45, 2.75) is 13.3 Å². The molecule has 0 atom stereocenters. The van der Waals surface area contributed by atoms with Crippen LogP contribution in [0, 0.1) is 0 Å². The molecule has 38 heavy (non-hydrogen) atoms. The number of benzene rings is 1. The number of piperazine rings is 1. The average Bonchev–Trinajstić information content (AvgIpc) is 2.98. The zero-order valence-electron chi connectivity index (χ0n) is 20.9. The number of hydrogen-bond donors (Lipinski definition) is 2. The lowest BCUT2D eigenvalue weighted by Crippen LogP contribution is -2.49. The Morgan fingerprint density at radius 2 is 1.63 bits per heavy atom. The van der Waals surface area contributed by atoms with Gasteiger partial charge in [0.05, 0.1) is 5.56 Å². The first-order chi connectivity index (χ1) is 18.6. The van der Waals surface area contributed by atoms with E-state index in [0.29, 0.717) is 73.0 Å². The van der Waals surface area contributed by atoms with Crippen molar-refractivity contribution in [1.82, 2.24) is 29.8 Å². The van der Waals surface area contributed by atoms with E-state index in [9.17, 15) is 9.59 Å². The van der Waals surface area contributed by atoms with Crippen molar-refractivity contribution in [3.05, 3.63) is 90.1 Å². The third-order valence-corrected chi connectivity index (χ3v) is 6.06. The molecule has 0 spiro atoms. The number of pyridine rings is 2. The minimum atomic E-state index is -0.243. The minimum absolute atomic E-state index is 0.00808. The second-order valence-corrected chi connectivity index (χ2v) is 8.62. The molecule has 11 nitrogen and oxygen atoms in total. The smallest absolute Gasteiger partial charge is 0.257 e. The first-order valence-electron chi connectivity index (χ1n) is 12.4. The third-order valence-electron chi connectivity index (χ3n) is 6.06. The van der Waals surface area contributed by atoms with Crippen LogP contribution >= 0.6 is 0 Å². The number of hydrogen-bond acceptors (Lipinski definition) is 9. The van der Waals surface area contributed by atoms with Crippen LogP contribution in [-0.2, 0) is 6.42 Å². The monoisotopic (exact) mass is 509 g/mol. The predicted octanol–water partition coefficient (Wildman–Crippen LogP) is 3.18. The second-order valence-electron chi connectivity index (χ2n) is 8.62. The second kappa shape index (κ2) is 11.4. The molecular formula is C27H27N9O2. The highest BCUT2D eigenvalue weighted by Gasteiger charge is 2.24. The quantitative estimate of drug-likeness (QED) is 0.386. The Morgan fingerprint density at radius 1 is 0.868 bits per heavy atom. The fourth-order valence-electron chi connectivity index (χ4n) is 3.99. The van der Waals surface area contributed by atoms with Gasteiger partial charge < -0.3 is 20.4 Å². The van der Waals surface area contributed by atoms with Gasteiger partial charge in [0.2, 0.25) is 11.9 Å². The lowest BCUT2D eigenvalue weighted by atomic mass is 10.2. The zero-order valence-corrected chi connectivity index (χ0v) is 20.9. The van der Waals surface area contributed by atoms with Gasteiger partial charge in [-0.25, -0.2) is 4.98 Å². The van der Waals surface area contributed by atoms with Gasteiger partial charge in [-0.3, -0.25) is 14.6 Å². The van der Waals surface area contributed by atoms with Crippen molar-refractivity contribution in [3.8, 4) is 0 Å². The Hall–Kier alpha value is -4.93. The van der Waals surface area contributed by atoms with E-state index < -0.39 is 0 Å². The van der Waals surface area contributed by atoms with Gasteiger partial charge in [-0.1, -0.05) is 25.1 Å². The summed E-state index contributed by atoms with van der Waals surface area (Å²) >= 11 is 0. The highest BCUT2D eigenvalue weighted by molar-refractivity contribution is 6.04. The van der Waals surface area contributed by atoms with Crippen LogP contribution in [0.2, 0.25) is 0 Å². The minimum Gasteiger partial charge on any atom is -0.337 e. The lowest BCUT2D eigenvalue weighted by Gasteiger charge is -2.34. The molecule has 1 aliphatic heterocycles. The highest BCUT2D eigenvalue weighted by Crippen LogP contribution is 2.18. The lowest BCUT2D eigenvalue weighted by molar-refractivity contribution is 0.0746. The van der Waals surface area contributed by atoms with Gasteiger partial charge in [0.25, 0.3) is 11.8 Å². The van der Waals surface area contributed by atoms with Crippen molar-refractivity contribution < 1.29 is 9.59 Å². The van der Waals surface area contributed by atoms with Gasteiger partial charge in [-0.05, 0) is 36.4 Å². The first kappa shape index (κ1) is 24.8. The summed E-state index contributed by atoms with van der Waals surface area (Å²) in [6.07, 6.45) is 5.38. The van der Waals surface area contributed by atoms with E-state index >= 15 is 0 Å². The van der Waals surface area contributed by atoms with Crippen molar-refractivity contribution in [2.75, 3.05) is 41.7 Å². The highest BCUT2D eigenvalue weighted by atomic mass is 16.2. The van der Waals surface area contributed by atoms with E-state index in [-0.39, 0.29) is 11.8 Å². The van der Waals surface area contributed by atoms with Gasteiger partial charge in [0, 0.05) is 62.4 Å². The molecule has 1 aromatic carbocycles. The van der Waals surface area contributed by atoms with Crippen LogP contribution in [0.15, 0.2) is 73.2 Å². The number of nitrogens with one attached hydrogen (secondary N) is 2. The molecule has 3 aromatic heterocycles. The van der Waals surface area contributed by atoms with Crippen LogP contribution in [0.1, 0.15) is 33.5 Å². The van der Waals surface area contributed by atoms with E-state index in [1.807, 2.05) is 47.1 Å². The summed E-state index contributed by atoms with van der Waals surface area (Å²) in [7, 11) is 0. The molecule has 0 saturated carbocycles. The number of aromatic nitrogens is 5. The molecular weight excluding hydrogens is 482 g/mol. The van der Waals surface area contributed by atoms with Crippen molar-refractivity contribution in [2.24, 2.45) is 0 Å². The van der Waals surface area contributed by atoms with E-state index in [4.69, 9.17) is 0 Å². The van der Waals surface area contributed by atoms with Crippen LogP contribution in [0.25, 0.3) is 0 Å². The summed E-state index contributed by atoms with van der Waals surface area (Å²) < 4.78 is 0. The van der Waals surface area contributed by atoms with Gasteiger partial charge >= 0.3 is 0 Å². The Labute approximate surface area is 220 Å². The number of anilines is 4. The Morgan fingerprint density at radius 3 is 2.32 bits per heavy atom. The SMILES string of the molecule is CCc1nc(Nc2ccc(C(=O)Nc3ccccc3)cn2)nc(N2CCN(C(=O)c3ccncc3)CC2)n1. The number of para-hydroxylation sites is 1. The maximum Gasteiger partial charge on any atom is 0.257 e. The predicted molar refractivity (Wildman–Crippen MR) is 143 cm³/mol. The molecule has 1 fully saturated rings. The summed E-state index contributed by atoms with van der Waals surface area (Å²) in [5.41, 5.74) is 1.78. The summed E-state index contributed by atoms with van der Waals surface area (Å²) in [4.78, 5) is 51.2. The van der Waals surface area contributed by atoms with Gasteiger partial charge in [-0.15, -0.1) is 0 Å². The van der Waals surface area contributed by atoms with E-state index in [1.54, 1.807) is 36.7 Å². The van der Waals surface area contributed by atoms with Crippen LogP contribution in [-0.4, -0.2) is 67.8 Å². The molecule has 1 saturated heterocycles. The fraction of sp³-hybridized carbons (Fsp3) is 0.222. The maximum atomic E-state index is 12.8. The normalized spacial score (nSPS) is 13.2. The third kappa shape index (κ3) is 5.89. The molecule has 0 aliphatic carbocycles. The molecule has 4 aromatic rings. The Bertz CT molecular complexity index is 1390. The van der Waals surface area contributed by atoms with Crippen LogP contribution in [0.5, 0.6) is 0 Å². The molecule has 1 aliphatic rings. The number of amides is 2. The number of carbonyl (C=O) groups excluding carboxylic acids is 2. The number of aryl methyl sites for hydroxylation is 1. The summed E-state index contributed by atoms with van der Waals surface area (Å²) in [6.45, 7) is 4.31. The zero-order chi connectivity index (χ0) is 26.3. The van der Waals surface area contributed by atoms with Gasteiger partial charge in [0.1, 0.15) is 11.6 Å². The number of nitrogens with zero attached hydrogens (tertiary/aromatic N) is 7. The van der Waals surface area contributed by atoms with Gasteiger partial charge in [0.15, 0.2) is 0 Å². The molecule has 4 heterocycles.